The summed E-state index contributed by atoms with van der Waals surface area (Å²) >= 11 is 0. The molecule has 1 aliphatic rings. The standard InChI is InChI=1S/C16H17N3/c1-2-9-19(13-7-8-13)16-12(10-17)11-18-15-6-4-3-5-14(15)16/h3-6,11,13H,2,7-9H2,1H3. The van der Waals surface area contributed by atoms with E-state index in [0.29, 0.717) is 11.6 Å². The second-order valence-corrected chi connectivity index (χ2v) is 5.07. The highest BCUT2D eigenvalue weighted by Crippen LogP contribution is 2.37. The fraction of sp³-hybridized carbons (Fsp3) is 0.375. The van der Waals surface area contributed by atoms with Gasteiger partial charge in [-0.25, -0.2) is 0 Å². The molecule has 0 N–H and O–H groups in total. The van der Waals surface area contributed by atoms with E-state index in [1.54, 1.807) is 6.20 Å². The highest BCUT2D eigenvalue weighted by atomic mass is 15.2. The first kappa shape index (κ1) is 12.0. The first-order chi connectivity index (χ1) is 9.35. The maximum absolute atomic E-state index is 9.38. The first-order valence-corrected chi connectivity index (χ1v) is 6.89. The number of anilines is 1. The number of fused-ring (bicyclic) bond motifs is 1. The van der Waals surface area contributed by atoms with Crippen molar-refractivity contribution in [3.63, 3.8) is 0 Å². The van der Waals surface area contributed by atoms with Gasteiger partial charge in [-0.05, 0) is 25.3 Å². The van der Waals surface area contributed by atoms with E-state index in [-0.39, 0.29) is 0 Å². The van der Waals surface area contributed by atoms with Crippen molar-refractivity contribution >= 4 is 16.6 Å². The van der Waals surface area contributed by atoms with Crippen LogP contribution in [-0.2, 0) is 0 Å². The van der Waals surface area contributed by atoms with Gasteiger partial charge in [-0.15, -0.1) is 0 Å². The normalized spacial score (nSPS) is 14.3. The summed E-state index contributed by atoms with van der Waals surface area (Å²) in [6.07, 6.45) is 5.28. The Bertz CT molecular complexity index is 638. The van der Waals surface area contributed by atoms with Crippen molar-refractivity contribution in [2.45, 2.75) is 32.2 Å². The van der Waals surface area contributed by atoms with Gasteiger partial charge < -0.3 is 4.90 Å². The lowest BCUT2D eigenvalue weighted by Crippen LogP contribution is -2.27. The number of benzene rings is 1. The molecule has 1 saturated carbocycles. The fourth-order valence-electron chi connectivity index (χ4n) is 2.62. The zero-order valence-corrected chi connectivity index (χ0v) is 11.1. The Kier molecular flexibility index (Phi) is 3.08. The molecule has 1 aliphatic carbocycles. The Balaban J connectivity index is 2.21. The SMILES string of the molecule is CCCN(c1c(C#N)cnc2ccccc12)C1CC1. The first-order valence-electron chi connectivity index (χ1n) is 6.89. The quantitative estimate of drug-likeness (QED) is 0.835. The highest BCUT2D eigenvalue weighted by molar-refractivity contribution is 5.94. The predicted molar refractivity (Wildman–Crippen MR) is 77.1 cm³/mol. The third kappa shape index (κ3) is 2.15. The minimum absolute atomic E-state index is 0.609. The third-order valence-electron chi connectivity index (χ3n) is 3.61. The van der Waals surface area contributed by atoms with E-state index in [2.05, 4.69) is 28.9 Å². The van der Waals surface area contributed by atoms with Gasteiger partial charge in [0.05, 0.1) is 16.8 Å². The highest BCUT2D eigenvalue weighted by Gasteiger charge is 2.31. The Labute approximate surface area is 113 Å². The van der Waals surface area contributed by atoms with Gasteiger partial charge in [0.15, 0.2) is 0 Å². The van der Waals surface area contributed by atoms with Crippen molar-refractivity contribution in [2.24, 2.45) is 0 Å². The number of para-hydroxylation sites is 1. The van der Waals surface area contributed by atoms with Gasteiger partial charge in [-0.3, -0.25) is 4.98 Å². The largest absolute Gasteiger partial charge is 0.367 e. The molecular formula is C16H17N3. The molecular weight excluding hydrogens is 234 g/mol. The fourth-order valence-corrected chi connectivity index (χ4v) is 2.62. The Morgan fingerprint density at radius 1 is 1.37 bits per heavy atom. The van der Waals surface area contributed by atoms with E-state index in [9.17, 15) is 5.26 Å². The zero-order valence-electron chi connectivity index (χ0n) is 11.1. The van der Waals surface area contributed by atoms with E-state index >= 15 is 0 Å². The van der Waals surface area contributed by atoms with E-state index in [4.69, 9.17) is 0 Å². The number of nitrogens with zero attached hydrogens (tertiary/aromatic N) is 3. The maximum Gasteiger partial charge on any atom is 0.103 e. The van der Waals surface area contributed by atoms with Crippen molar-refractivity contribution in [2.75, 3.05) is 11.4 Å². The molecule has 0 bridgehead atoms. The molecule has 3 nitrogen and oxygen atoms in total. The Morgan fingerprint density at radius 2 is 2.16 bits per heavy atom. The number of aromatic nitrogens is 1. The molecule has 0 amide bonds. The van der Waals surface area contributed by atoms with Crippen molar-refractivity contribution < 1.29 is 0 Å². The van der Waals surface area contributed by atoms with Crippen molar-refractivity contribution in [1.82, 2.24) is 4.98 Å². The smallest absolute Gasteiger partial charge is 0.103 e. The van der Waals surface area contributed by atoms with Gasteiger partial charge in [0.25, 0.3) is 0 Å². The second kappa shape index (κ2) is 4.89. The molecule has 2 aromatic rings. The van der Waals surface area contributed by atoms with E-state index in [1.807, 2.05) is 18.2 Å². The predicted octanol–water partition coefficient (Wildman–Crippen LogP) is 3.49. The minimum Gasteiger partial charge on any atom is -0.367 e. The van der Waals surface area contributed by atoms with Gasteiger partial charge in [-0.1, -0.05) is 25.1 Å². The van der Waals surface area contributed by atoms with Crippen LogP contribution < -0.4 is 4.90 Å². The van der Waals surface area contributed by atoms with Crippen LogP contribution in [0.4, 0.5) is 5.69 Å². The van der Waals surface area contributed by atoms with Crippen LogP contribution in [0.2, 0.25) is 0 Å². The summed E-state index contributed by atoms with van der Waals surface area (Å²) in [6, 6.07) is 11.0. The summed E-state index contributed by atoms with van der Waals surface area (Å²) in [4.78, 5) is 6.79. The van der Waals surface area contributed by atoms with Crippen LogP contribution in [0.3, 0.4) is 0 Å². The lowest BCUT2D eigenvalue weighted by atomic mass is 10.1. The average molecular weight is 251 g/mol. The van der Waals surface area contributed by atoms with Gasteiger partial charge in [-0.2, -0.15) is 5.26 Å². The van der Waals surface area contributed by atoms with Gasteiger partial charge >= 0.3 is 0 Å². The van der Waals surface area contributed by atoms with Crippen LogP contribution in [0.15, 0.2) is 30.5 Å². The molecule has 1 heterocycles. The van der Waals surface area contributed by atoms with Gasteiger partial charge in [0.2, 0.25) is 0 Å². The number of pyridine rings is 1. The lowest BCUT2D eigenvalue weighted by molar-refractivity contribution is 0.764. The van der Waals surface area contributed by atoms with E-state index in [1.165, 1.54) is 12.8 Å². The van der Waals surface area contributed by atoms with E-state index in [0.717, 1.165) is 29.6 Å². The lowest BCUT2D eigenvalue weighted by Gasteiger charge is -2.26. The molecule has 0 radical (unpaired) electrons. The maximum atomic E-state index is 9.38. The molecule has 3 heteroatoms. The summed E-state index contributed by atoms with van der Waals surface area (Å²) in [5, 5.41) is 10.5. The summed E-state index contributed by atoms with van der Waals surface area (Å²) in [5.41, 5.74) is 2.75. The van der Waals surface area contributed by atoms with Crippen LogP contribution >= 0.6 is 0 Å². The van der Waals surface area contributed by atoms with E-state index < -0.39 is 0 Å². The summed E-state index contributed by atoms with van der Waals surface area (Å²) in [6.45, 7) is 3.19. The molecule has 3 rings (SSSR count). The zero-order chi connectivity index (χ0) is 13.2. The molecule has 0 saturated heterocycles. The van der Waals surface area contributed by atoms with Crippen LogP contribution in [0.25, 0.3) is 10.9 Å². The average Bonchev–Trinajstić information content (AvgIpc) is 3.28. The molecule has 0 atom stereocenters. The molecule has 0 unspecified atom stereocenters. The third-order valence-corrected chi connectivity index (χ3v) is 3.61. The number of hydrogen-bond donors (Lipinski definition) is 0. The molecule has 1 aromatic heterocycles. The molecule has 96 valence electrons. The Morgan fingerprint density at radius 3 is 2.84 bits per heavy atom. The summed E-state index contributed by atoms with van der Waals surface area (Å²) in [5.74, 6) is 0. The molecule has 0 aliphatic heterocycles. The summed E-state index contributed by atoms with van der Waals surface area (Å²) < 4.78 is 0. The monoisotopic (exact) mass is 251 g/mol. The topological polar surface area (TPSA) is 39.9 Å². The minimum atomic E-state index is 0.609. The summed E-state index contributed by atoms with van der Waals surface area (Å²) in [7, 11) is 0. The van der Waals surface area contributed by atoms with Crippen LogP contribution in [0, 0.1) is 11.3 Å². The van der Waals surface area contributed by atoms with Gasteiger partial charge in [0.1, 0.15) is 6.07 Å². The van der Waals surface area contributed by atoms with Crippen molar-refractivity contribution in [1.29, 1.82) is 5.26 Å². The second-order valence-electron chi connectivity index (χ2n) is 5.07. The van der Waals surface area contributed by atoms with Crippen LogP contribution in [0.5, 0.6) is 0 Å². The molecule has 1 fully saturated rings. The molecule has 0 spiro atoms. The number of nitriles is 1. The van der Waals surface area contributed by atoms with Crippen LogP contribution in [0.1, 0.15) is 31.7 Å². The van der Waals surface area contributed by atoms with Crippen LogP contribution in [-0.4, -0.2) is 17.6 Å². The number of hydrogen-bond acceptors (Lipinski definition) is 3. The molecule has 19 heavy (non-hydrogen) atoms. The number of rotatable bonds is 4. The van der Waals surface area contributed by atoms with Crippen molar-refractivity contribution in [3.8, 4) is 6.07 Å². The van der Waals surface area contributed by atoms with Gasteiger partial charge in [0, 0.05) is 24.2 Å². The Hall–Kier alpha value is -2.08. The van der Waals surface area contributed by atoms with Crippen molar-refractivity contribution in [3.05, 3.63) is 36.0 Å². The molecule has 1 aromatic carbocycles.